The second kappa shape index (κ2) is 10.8. The molecule has 0 bridgehead atoms. The summed E-state index contributed by atoms with van der Waals surface area (Å²) < 4.78 is 5.36. The summed E-state index contributed by atoms with van der Waals surface area (Å²) in [5.74, 6) is 4.29. The van der Waals surface area contributed by atoms with Crippen molar-refractivity contribution in [1.82, 2.24) is 21.0 Å². The molecule has 3 aromatic rings. The first-order chi connectivity index (χ1) is 16.2. The van der Waals surface area contributed by atoms with Gasteiger partial charge in [0.1, 0.15) is 17.7 Å². The second-order valence-electron chi connectivity index (χ2n) is 9.02. The fourth-order valence-electron chi connectivity index (χ4n) is 3.61. The van der Waals surface area contributed by atoms with E-state index in [9.17, 15) is 14.4 Å². The van der Waals surface area contributed by atoms with E-state index in [0.29, 0.717) is 0 Å². The highest BCUT2D eigenvalue weighted by molar-refractivity contribution is 5.92. The van der Waals surface area contributed by atoms with Crippen LogP contribution in [0.25, 0.3) is 10.9 Å². The van der Waals surface area contributed by atoms with Crippen LogP contribution < -0.4 is 21.9 Å². The molecule has 3 amide bonds. The Balaban J connectivity index is 1.83. The fourth-order valence-corrected chi connectivity index (χ4v) is 3.61. The molecule has 0 aliphatic rings. The van der Waals surface area contributed by atoms with E-state index in [1.807, 2.05) is 54.6 Å². The Morgan fingerprint density at radius 2 is 1.56 bits per heavy atom. The third-order valence-electron chi connectivity index (χ3n) is 5.16. The molecule has 0 aliphatic carbocycles. The van der Waals surface area contributed by atoms with Crippen LogP contribution in [-0.4, -0.2) is 40.6 Å². The van der Waals surface area contributed by atoms with E-state index in [-0.39, 0.29) is 12.8 Å². The van der Waals surface area contributed by atoms with Gasteiger partial charge >= 0.3 is 6.09 Å². The maximum Gasteiger partial charge on any atom is 0.408 e. The zero-order valence-electron chi connectivity index (χ0n) is 19.6. The van der Waals surface area contributed by atoms with Crippen LogP contribution >= 0.6 is 0 Å². The molecule has 0 saturated heterocycles. The van der Waals surface area contributed by atoms with Crippen LogP contribution in [0.4, 0.5) is 4.79 Å². The summed E-state index contributed by atoms with van der Waals surface area (Å²) in [5, 5.41) is 6.32. The lowest BCUT2D eigenvalue weighted by molar-refractivity contribution is -0.130. The number of rotatable bonds is 8. The van der Waals surface area contributed by atoms with Crippen molar-refractivity contribution in [3.05, 3.63) is 71.9 Å². The lowest BCUT2D eigenvalue weighted by Crippen LogP contribution is -2.56. The number of hydrogen-bond donors (Lipinski definition) is 5. The van der Waals surface area contributed by atoms with Crippen LogP contribution in [0.1, 0.15) is 31.9 Å². The molecule has 1 heterocycles. The summed E-state index contributed by atoms with van der Waals surface area (Å²) >= 11 is 0. The molecule has 9 heteroatoms. The van der Waals surface area contributed by atoms with Crippen molar-refractivity contribution >= 4 is 28.8 Å². The lowest BCUT2D eigenvalue weighted by atomic mass is 10.0. The van der Waals surface area contributed by atoms with Crippen LogP contribution in [0.2, 0.25) is 0 Å². The number of carbonyl (C=O) groups is 3. The maximum atomic E-state index is 13.3. The summed E-state index contributed by atoms with van der Waals surface area (Å²) in [4.78, 5) is 41.4. The first-order valence-electron chi connectivity index (χ1n) is 11.1. The Morgan fingerprint density at radius 3 is 2.24 bits per heavy atom. The van der Waals surface area contributed by atoms with Crippen LogP contribution in [0.3, 0.4) is 0 Å². The first kappa shape index (κ1) is 24.8. The van der Waals surface area contributed by atoms with Gasteiger partial charge in [0.05, 0.1) is 0 Å². The molecule has 0 saturated carbocycles. The molecule has 34 heavy (non-hydrogen) atoms. The van der Waals surface area contributed by atoms with E-state index < -0.39 is 35.6 Å². The predicted octanol–water partition coefficient (Wildman–Crippen LogP) is 2.32. The predicted molar refractivity (Wildman–Crippen MR) is 130 cm³/mol. The summed E-state index contributed by atoms with van der Waals surface area (Å²) in [6.45, 7) is 5.22. The average molecular weight is 466 g/mol. The molecule has 0 spiro atoms. The van der Waals surface area contributed by atoms with Gasteiger partial charge in [-0.25, -0.2) is 10.6 Å². The summed E-state index contributed by atoms with van der Waals surface area (Å²) in [5.41, 5.74) is 3.97. The molecule has 0 fully saturated rings. The van der Waals surface area contributed by atoms with Gasteiger partial charge in [-0.3, -0.25) is 15.0 Å². The monoisotopic (exact) mass is 465 g/mol. The third-order valence-corrected chi connectivity index (χ3v) is 5.16. The van der Waals surface area contributed by atoms with Crippen molar-refractivity contribution in [3.8, 4) is 0 Å². The van der Waals surface area contributed by atoms with Gasteiger partial charge in [0, 0.05) is 29.9 Å². The number of alkyl carbamates (subject to hydrolysis) is 1. The molecule has 3 rings (SSSR count). The summed E-state index contributed by atoms with van der Waals surface area (Å²) in [6.07, 6.45) is 1.50. The van der Waals surface area contributed by atoms with Gasteiger partial charge in [0.25, 0.3) is 5.91 Å². The Kier molecular flexibility index (Phi) is 7.91. The van der Waals surface area contributed by atoms with E-state index >= 15 is 0 Å². The quantitative estimate of drug-likeness (QED) is 0.197. The van der Waals surface area contributed by atoms with Gasteiger partial charge in [0.15, 0.2) is 0 Å². The van der Waals surface area contributed by atoms with Crippen molar-refractivity contribution in [3.63, 3.8) is 0 Å². The van der Waals surface area contributed by atoms with E-state index in [1.165, 1.54) is 0 Å². The molecular weight excluding hydrogens is 434 g/mol. The number of carbonyl (C=O) groups excluding carboxylic acids is 3. The molecule has 1 aromatic heterocycles. The minimum absolute atomic E-state index is 0.192. The van der Waals surface area contributed by atoms with E-state index in [0.717, 1.165) is 22.0 Å². The minimum Gasteiger partial charge on any atom is -0.444 e. The van der Waals surface area contributed by atoms with Gasteiger partial charge in [-0.05, 0) is 38.0 Å². The largest absolute Gasteiger partial charge is 0.444 e. The minimum atomic E-state index is -0.988. The molecule has 0 radical (unpaired) electrons. The van der Waals surface area contributed by atoms with Gasteiger partial charge in [0.2, 0.25) is 5.91 Å². The highest BCUT2D eigenvalue weighted by atomic mass is 16.6. The average Bonchev–Trinajstić information content (AvgIpc) is 3.20. The smallest absolute Gasteiger partial charge is 0.408 e. The van der Waals surface area contributed by atoms with Gasteiger partial charge in [-0.2, -0.15) is 0 Å². The van der Waals surface area contributed by atoms with E-state index in [2.05, 4.69) is 21.0 Å². The number of ether oxygens (including phenoxy) is 1. The highest BCUT2D eigenvalue weighted by Gasteiger charge is 2.29. The zero-order chi connectivity index (χ0) is 24.7. The number of fused-ring (bicyclic) bond motifs is 1. The number of nitrogens with one attached hydrogen (secondary N) is 4. The van der Waals surface area contributed by atoms with Gasteiger partial charge in [-0.15, -0.1) is 0 Å². The number of aromatic amines is 1. The molecule has 6 N–H and O–H groups in total. The van der Waals surface area contributed by atoms with Crippen molar-refractivity contribution < 1.29 is 19.1 Å². The maximum absolute atomic E-state index is 13.3. The number of nitrogens with two attached hydrogens (primary N) is 1. The molecular formula is C25H31N5O4. The topological polar surface area (TPSA) is 138 Å². The normalized spacial score (nSPS) is 13.1. The Labute approximate surface area is 198 Å². The number of hydrogen-bond acceptors (Lipinski definition) is 5. The van der Waals surface area contributed by atoms with Crippen LogP contribution in [0.15, 0.2) is 60.8 Å². The third kappa shape index (κ3) is 6.82. The number of para-hydroxylation sites is 1. The van der Waals surface area contributed by atoms with Crippen molar-refractivity contribution in [1.29, 1.82) is 0 Å². The number of benzene rings is 2. The summed E-state index contributed by atoms with van der Waals surface area (Å²) in [7, 11) is 0. The van der Waals surface area contributed by atoms with Crippen molar-refractivity contribution in [2.75, 3.05) is 0 Å². The molecule has 0 aliphatic heterocycles. The molecule has 0 unspecified atom stereocenters. The van der Waals surface area contributed by atoms with Gasteiger partial charge in [-0.1, -0.05) is 48.5 Å². The summed E-state index contributed by atoms with van der Waals surface area (Å²) in [6, 6.07) is 15.0. The number of amides is 3. The SMILES string of the molecule is CC(C)(C)OC(=O)N[C@@H](Cc1c[nH]c2ccccc12)C(=O)N[C@@H](Cc1ccccc1)C(=O)NN. The van der Waals surface area contributed by atoms with E-state index in [4.69, 9.17) is 10.6 Å². The number of hydrazine groups is 1. The second-order valence-corrected chi connectivity index (χ2v) is 9.02. The number of H-pyrrole nitrogens is 1. The van der Waals surface area contributed by atoms with Crippen molar-refractivity contribution in [2.24, 2.45) is 5.84 Å². The Bertz CT molecular complexity index is 1140. The number of aromatic nitrogens is 1. The van der Waals surface area contributed by atoms with E-state index in [1.54, 1.807) is 27.0 Å². The van der Waals surface area contributed by atoms with Crippen molar-refractivity contribution in [2.45, 2.75) is 51.3 Å². The molecule has 180 valence electrons. The van der Waals surface area contributed by atoms with Crippen LogP contribution in [-0.2, 0) is 27.2 Å². The zero-order valence-corrected chi connectivity index (χ0v) is 19.6. The Hall–Kier alpha value is -3.85. The molecule has 9 nitrogen and oxygen atoms in total. The first-order valence-corrected chi connectivity index (χ1v) is 11.1. The van der Waals surface area contributed by atoms with Crippen LogP contribution in [0, 0.1) is 0 Å². The van der Waals surface area contributed by atoms with Crippen LogP contribution in [0.5, 0.6) is 0 Å². The van der Waals surface area contributed by atoms with Gasteiger partial charge < -0.3 is 20.4 Å². The lowest BCUT2D eigenvalue weighted by Gasteiger charge is -2.25. The Morgan fingerprint density at radius 1 is 0.912 bits per heavy atom. The highest BCUT2D eigenvalue weighted by Crippen LogP contribution is 2.19. The molecule has 2 aromatic carbocycles. The fraction of sp³-hybridized carbons (Fsp3) is 0.320. The molecule has 2 atom stereocenters. The standard InChI is InChI=1S/C25H31N5O4/c1-25(2,3)34-24(33)29-21(14-17-15-27-19-12-8-7-11-18(17)19)22(31)28-20(23(32)30-26)13-16-9-5-4-6-10-16/h4-12,15,20-21,27H,13-14,26H2,1-3H3,(H,28,31)(H,29,33)(H,30,32)/t20-,21-/m0/s1.